The lowest BCUT2D eigenvalue weighted by molar-refractivity contribution is -0.134. The summed E-state index contributed by atoms with van der Waals surface area (Å²) in [5, 5.41) is 3.90. The highest BCUT2D eigenvalue weighted by molar-refractivity contribution is 9.10. The fourth-order valence-electron chi connectivity index (χ4n) is 2.47. The van der Waals surface area contributed by atoms with Crippen LogP contribution in [0.5, 0.6) is 0 Å². The van der Waals surface area contributed by atoms with E-state index in [1.165, 1.54) is 0 Å². The van der Waals surface area contributed by atoms with E-state index in [9.17, 15) is 13.2 Å². The molecule has 152 valence electrons. The van der Waals surface area contributed by atoms with Crippen LogP contribution in [0, 0.1) is 6.92 Å². The molecule has 0 radical (unpaired) electrons. The molecule has 0 saturated carbocycles. The van der Waals surface area contributed by atoms with Crippen LogP contribution >= 0.6 is 63.4 Å². The Balaban J connectivity index is 0.00000182. The van der Waals surface area contributed by atoms with Crippen molar-refractivity contribution in [1.82, 2.24) is 9.97 Å². The Hall–Kier alpha value is -0.520. The van der Waals surface area contributed by atoms with Gasteiger partial charge in [-0.1, -0.05) is 0 Å². The third kappa shape index (κ3) is 5.30. The summed E-state index contributed by atoms with van der Waals surface area (Å²) in [5.41, 5.74) is 8.01. The molecule has 0 aromatic carbocycles. The van der Waals surface area contributed by atoms with E-state index in [-0.39, 0.29) is 29.3 Å². The van der Waals surface area contributed by atoms with E-state index in [1.807, 2.05) is 15.7 Å². The molecule has 3 rings (SSSR count). The number of aromatic nitrogens is 2. The van der Waals surface area contributed by atoms with E-state index in [2.05, 4.69) is 25.9 Å². The predicted octanol–water partition coefficient (Wildman–Crippen LogP) is 5.97. The number of halogens is 6. The second-order valence-electron chi connectivity index (χ2n) is 5.59. The van der Waals surface area contributed by atoms with Gasteiger partial charge < -0.3 is 15.6 Å². The smallest absolute Gasteiger partial charge is 0.337 e. The number of alkyl halides is 3. The molecule has 0 aliphatic heterocycles. The Morgan fingerprint density at radius 3 is 2.56 bits per heavy atom. The molecule has 0 bridgehead atoms. The standard InChI is InChI=1S/C15H16BrF3N4S2.2ClH/c1-8-11(25-13(12(8)16)15(17,18)19)5-23(4-2-3-20)14-21-9-6-24-7-10(9)22-14;;/h6-7H,2-5,20H2,1H3,(H,21,22);2*1H. The predicted molar refractivity (Wildman–Crippen MR) is 115 cm³/mol. The summed E-state index contributed by atoms with van der Waals surface area (Å²) in [7, 11) is 0. The van der Waals surface area contributed by atoms with Crippen molar-refractivity contribution < 1.29 is 13.2 Å². The number of aromatic amines is 1. The molecule has 0 aliphatic rings. The first-order chi connectivity index (χ1) is 11.8. The van der Waals surface area contributed by atoms with Gasteiger partial charge >= 0.3 is 6.18 Å². The maximum absolute atomic E-state index is 13.1. The molecule has 3 heterocycles. The average molecular weight is 526 g/mol. The molecule has 0 saturated heterocycles. The van der Waals surface area contributed by atoms with E-state index in [0.29, 0.717) is 36.0 Å². The van der Waals surface area contributed by atoms with Crippen molar-refractivity contribution in [3.8, 4) is 0 Å². The topological polar surface area (TPSA) is 57.9 Å². The number of thiophene rings is 2. The first-order valence-electron chi connectivity index (χ1n) is 7.53. The zero-order chi connectivity index (χ0) is 18.2. The van der Waals surface area contributed by atoms with Gasteiger partial charge in [0.1, 0.15) is 10.4 Å². The quantitative estimate of drug-likeness (QED) is 0.416. The van der Waals surface area contributed by atoms with Crippen LogP contribution in [0.2, 0.25) is 0 Å². The van der Waals surface area contributed by atoms with Gasteiger partial charge in [0.2, 0.25) is 5.95 Å². The number of H-pyrrole nitrogens is 1. The van der Waals surface area contributed by atoms with Gasteiger partial charge in [0, 0.05) is 26.7 Å². The summed E-state index contributed by atoms with van der Waals surface area (Å²) in [6.45, 7) is 3.18. The van der Waals surface area contributed by atoms with Crippen molar-refractivity contribution in [2.45, 2.75) is 26.1 Å². The van der Waals surface area contributed by atoms with Gasteiger partial charge in [-0.3, -0.25) is 0 Å². The molecular weight excluding hydrogens is 508 g/mol. The SMILES string of the molecule is Cc1c(CN(CCCN)c2nc3cscc3[nH]2)sc(C(F)(F)F)c1Br.Cl.Cl. The van der Waals surface area contributed by atoms with Crippen molar-refractivity contribution in [1.29, 1.82) is 0 Å². The second-order valence-corrected chi connectivity index (χ2v) is 8.23. The summed E-state index contributed by atoms with van der Waals surface area (Å²) >= 11 is 5.41. The minimum absolute atomic E-state index is 0. The molecule has 27 heavy (non-hydrogen) atoms. The van der Waals surface area contributed by atoms with Crippen LogP contribution in [-0.4, -0.2) is 23.1 Å². The summed E-state index contributed by atoms with van der Waals surface area (Å²) in [4.78, 5) is 9.78. The number of hydrogen-bond acceptors (Lipinski definition) is 5. The maximum Gasteiger partial charge on any atom is 0.426 e. The molecule has 0 spiro atoms. The molecule has 3 N–H and O–H groups in total. The molecule has 12 heteroatoms. The number of rotatable bonds is 6. The van der Waals surface area contributed by atoms with E-state index < -0.39 is 11.1 Å². The molecule has 4 nitrogen and oxygen atoms in total. The highest BCUT2D eigenvalue weighted by Crippen LogP contribution is 2.43. The molecular formula is C15H18BrCl2F3N4S2. The van der Waals surface area contributed by atoms with Gasteiger partial charge in [-0.15, -0.1) is 47.5 Å². The van der Waals surface area contributed by atoms with Crippen molar-refractivity contribution in [2.24, 2.45) is 5.73 Å². The van der Waals surface area contributed by atoms with Crippen LogP contribution in [0.1, 0.15) is 21.7 Å². The number of imidazole rings is 1. The number of fused-ring (bicyclic) bond motifs is 1. The Morgan fingerprint density at radius 1 is 1.30 bits per heavy atom. The van der Waals surface area contributed by atoms with Gasteiger partial charge in [-0.2, -0.15) is 13.2 Å². The third-order valence-electron chi connectivity index (χ3n) is 3.81. The molecule has 0 unspecified atom stereocenters. The lowest BCUT2D eigenvalue weighted by atomic mass is 10.2. The highest BCUT2D eigenvalue weighted by atomic mass is 79.9. The second kappa shape index (κ2) is 9.80. The van der Waals surface area contributed by atoms with Crippen molar-refractivity contribution in [3.05, 3.63) is 30.6 Å². The van der Waals surface area contributed by atoms with E-state index in [1.54, 1.807) is 18.3 Å². The first-order valence-corrected chi connectivity index (χ1v) is 10.1. The number of nitrogens with zero attached hydrogens (tertiary/aromatic N) is 2. The molecule has 3 aromatic rings. The van der Waals surface area contributed by atoms with Gasteiger partial charge in [0.05, 0.1) is 12.1 Å². The normalized spacial score (nSPS) is 11.3. The van der Waals surface area contributed by atoms with Crippen molar-refractivity contribution in [3.63, 3.8) is 0 Å². The van der Waals surface area contributed by atoms with Crippen molar-refractivity contribution >= 4 is 80.4 Å². The average Bonchev–Trinajstić information content (AvgIpc) is 3.19. The van der Waals surface area contributed by atoms with Gasteiger partial charge in [-0.25, -0.2) is 4.98 Å². The number of nitrogens with one attached hydrogen (secondary N) is 1. The summed E-state index contributed by atoms with van der Waals surface area (Å²) in [6.07, 6.45) is -3.63. The van der Waals surface area contributed by atoms with E-state index >= 15 is 0 Å². The fourth-order valence-corrected chi connectivity index (χ4v) is 5.08. The minimum atomic E-state index is -4.36. The lowest BCUT2D eigenvalue weighted by Gasteiger charge is -2.21. The number of anilines is 1. The van der Waals surface area contributed by atoms with Crippen LogP contribution in [0.25, 0.3) is 11.0 Å². The van der Waals surface area contributed by atoms with Crippen LogP contribution < -0.4 is 10.6 Å². The largest absolute Gasteiger partial charge is 0.426 e. The van der Waals surface area contributed by atoms with Crippen LogP contribution in [-0.2, 0) is 12.7 Å². The Labute approximate surface area is 183 Å². The zero-order valence-corrected chi connectivity index (χ0v) is 19.0. The van der Waals surface area contributed by atoms with Gasteiger partial charge in [-0.05, 0) is 41.4 Å². The minimum Gasteiger partial charge on any atom is -0.337 e. The lowest BCUT2D eigenvalue weighted by Crippen LogP contribution is -2.26. The monoisotopic (exact) mass is 524 g/mol. The molecule has 0 atom stereocenters. The maximum atomic E-state index is 13.1. The van der Waals surface area contributed by atoms with E-state index in [4.69, 9.17) is 5.73 Å². The Bertz CT molecular complexity index is 850. The molecule has 0 aliphatic carbocycles. The number of hydrogen-bond donors (Lipinski definition) is 2. The Kier molecular flexibility index (Phi) is 8.90. The zero-order valence-electron chi connectivity index (χ0n) is 14.1. The third-order valence-corrected chi connectivity index (χ3v) is 7.12. The summed E-state index contributed by atoms with van der Waals surface area (Å²) < 4.78 is 39.5. The van der Waals surface area contributed by atoms with E-state index in [0.717, 1.165) is 28.8 Å². The molecule has 3 aromatic heterocycles. The summed E-state index contributed by atoms with van der Waals surface area (Å²) in [6, 6.07) is 0. The first kappa shape index (κ1) is 24.5. The molecule has 0 fully saturated rings. The fraction of sp³-hybridized carbons (Fsp3) is 0.400. The van der Waals surface area contributed by atoms with Gasteiger partial charge in [0.15, 0.2) is 0 Å². The van der Waals surface area contributed by atoms with Crippen molar-refractivity contribution in [2.75, 3.05) is 18.0 Å². The highest BCUT2D eigenvalue weighted by Gasteiger charge is 2.37. The Morgan fingerprint density at radius 2 is 2.00 bits per heavy atom. The van der Waals surface area contributed by atoms with Crippen LogP contribution in [0.15, 0.2) is 15.2 Å². The molecule has 0 amide bonds. The van der Waals surface area contributed by atoms with Gasteiger partial charge in [0.25, 0.3) is 0 Å². The van der Waals surface area contributed by atoms with Crippen LogP contribution in [0.3, 0.4) is 0 Å². The summed E-state index contributed by atoms with van der Waals surface area (Å²) in [5.74, 6) is 0.656. The van der Waals surface area contributed by atoms with Crippen LogP contribution in [0.4, 0.5) is 19.1 Å². The number of nitrogens with two attached hydrogens (primary N) is 1.